The normalized spacial score (nSPS) is 14.9. The van der Waals surface area contributed by atoms with Gasteiger partial charge in [-0.1, -0.05) is 152 Å². The second kappa shape index (κ2) is 41.4. The first kappa shape index (κ1) is 55.6. The summed E-state index contributed by atoms with van der Waals surface area (Å²) in [7, 11) is -4.68. The van der Waals surface area contributed by atoms with E-state index < -0.39 is 57.9 Å². The predicted molar refractivity (Wildman–Crippen MR) is 234 cm³/mol. The van der Waals surface area contributed by atoms with E-state index in [1.54, 1.807) is 12.2 Å². The van der Waals surface area contributed by atoms with Crippen LogP contribution in [0.2, 0.25) is 0 Å². The minimum Gasteiger partial charge on any atom is -0.462 e. The van der Waals surface area contributed by atoms with Crippen molar-refractivity contribution in [2.24, 2.45) is 0 Å². The molecule has 0 saturated heterocycles. The quantitative estimate of drug-likeness (QED) is 0.0152. The zero-order chi connectivity index (χ0) is 42.8. The van der Waals surface area contributed by atoms with Crippen LogP contribution in [0, 0.1) is 0 Å². The molecule has 0 bridgehead atoms. The molecule has 0 aromatic carbocycles. The van der Waals surface area contributed by atoms with E-state index in [1.165, 1.54) is 83.5 Å². The molecule has 12 heteroatoms. The van der Waals surface area contributed by atoms with Crippen molar-refractivity contribution in [2.75, 3.05) is 26.4 Å². The summed E-state index contributed by atoms with van der Waals surface area (Å²) in [6.45, 7) is 2.12. The molecule has 0 aliphatic heterocycles. The number of aliphatic hydroxyl groups excluding tert-OH is 3. The van der Waals surface area contributed by atoms with Gasteiger partial charge in [0, 0.05) is 12.8 Å². The molecule has 0 spiro atoms. The number of phosphoric ester groups is 1. The minimum atomic E-state index is -4.68. The lowest BCUT2D eigenvalue weighted by atomic mass is 10.1. The smallest absolute Gasteiger partial charge is 0.462 e. The van der Waals surface area contributed by atoms with Gasteiger partial charge in [-0.15, -0.1) is 0 Å². The van der Waals surface area contributed by atoms with Gasteiger partial charge in [0.1, 0.15) is 12.7 Å². The lowest BCUT2D eigenvalue weighted by Crippen LogP contribution is -2.30. The summed E-state index contributed by atoms with van der Waals surface area (Å²) >= 11 is 0. The third kappa shape index (κ3) is 40.4. The fraction of sp³-hybridized carbons (Fsp3) is 0.739. The summed E-state index contributed by atoms with van der Waals surface area (Å²) in [4.78, 5) is 35.0. The van der Waals surface area contributed by atoms with Crippen LogP contribution >= 0.6 is 7.82 Å². The maximum absolute atomic E-state index is 12.6. The molecular weight excluding hydrogens is 759 g/mol. The third-order valence-electron chi connectivity index (χ3n) is 9.25. The molecule has 4 N–H and O–H groups in total. The van der Waals surface area contributed by atoms with E-state index in [0.29, 0.717) is 19.3 Å². The van der Waals surface area contributed by atoms with Crippen molar-refractivity contribution in [1.82, 2.24) is 0 Å². The molecule has 11 nitrogen and oxygen atoms in total. The predicted octanol–water partition coefficient (Wildman–Crippen LogP) is 10.9. The average molecular weight is 841 g/mol. The second-order valence-electron chi connectivity index (χ2n) is 14.9. The van der Waals surface area contributed by atoms with E-state index >= 15 is 0 Å². The molecule has 0 fully saturated rings. The molecule has 0 radical (unpaired) electrons. The average Bonchev–Trinajstić information content (AvgIpc) is 3.20. The molecular formula is C46H81O11P. The molecule has 0 aliphatic carbocycles. The summed E-state index contributed by atoms with van der Waals surface area (Å²) < 4.78 is 32.6. The molecule has 58 heavy (non-hydrogen) atoms. The van der Waals surface area contributed by atoms with Crippen molar-refractivity contribution in [3.05, 3.63) is 60.8 Å². The Labute approximate surface area is 351 Å². The van der Waals surface area contributed by atoms with Gasteiger partial charge in [0.05, 0.1) is 25.9 Å². The van der Waals surface area contributed by atoms with Gasteiger partial charge < -0.3 is 29.7 Å². The van der Waals surface area contributed by atoms with Gasteiger partial charge in [0.15, 0.2) is 6.10 Å². The number of carbonyl (C=O) groups excluding carboxylic acids is 2. The zero-order valence-electron chi connectivity index (χ0n) is 36.1. The summed E-state index contributed by atoms with van der Waals surface area (Å²) in [6, 6.07) is 0. The molecule has 0 aromatic rings. The lowest BCUT2D eigenvalue weighted by molar-refractivity contribution is -0.161. The summed E-state index contributed by atoms with van der Waals surface area (Å²) in [6.07, 6.45) is 42.1. The van der Waals surface area contributed by atoms with Crippen LogP contribution in [0.5, 0.6) is 0 Å². The SMILES string of the molecule is CCCCC/C=C\C/C=C\C/C=C\C=C\[C@H](O)CCCC(=O)O[C@H](COC(=O)CCCCCCCCC/C=C\CCCCCCCC)COP(=O)(O)OC[C@@H](O)CO. The van der Waals surface area contributed by atoms with Gasteiger partial charge in [-0.05, 0) is 70.6 Å². The second-order valence-corrected chi connectivity index (χ2v) is 16.4. The Morgan fingerprint density at radius 3 is 1.72 bits per heavy atom. The highest BCUT2D eigenvalue weighted by molar-refractivity contribution is 7.47. The highest BCUT2D eigenvalue weighted by Gasteiger charge is 2.27. The largest absolute Gasteiger partial charge is 0.472 e. The molecule has 0 aromatic heterocycles. The van der Waals surface area contributed by atoms with Crippen LogP contribution in [-0.4, -0.2) is 76.9 Å². The van der Waals surface area contributed by atoms with Crippen molar-refractivity contribution in [3.63, 3.8) is 0 Å². The lowest BCUT2D eigenvalue weighted by Gasteiger charge is -2.20. The Balaban J connectivity index is 4.48. The first-order valence-electron chi connectivity index (χ1n) is 22.4. The van der Waals surface area contributed by atoms with Crippen LogP contribution < -0.4 is 0 Å². The van der Waals surface area contributed by atoms with Crippen molar-refractivity contribution in [3.8, 4) is 0 Å². The first-order valence-corrected chi connectivity index (χ1v) is 23.8. The Morgan fingerprint density at radius 1 is 0.586 bits per heavy atom. The number of unbranched alkanes of at least 4 members (excludes halogenated alkanes) is 16. The van der Waals surface area contributed by atoms with Gasteiger partial charge in [0.25, 0.3) is 0 Å². The van der Waals surface area contributed by atoms with Gasteiger partial charge in [-0.2, -0.15) is 0 Å². The molecule has 4 atom stereocenters. The Kier molecular flexibility index (Phi) is 39.7. The topological polar surface area (TPSA) is 169 Å². The standard InChI is InChI=1S/C46H81O11P/c1-3-5-7-9-11-13-15-17-18-19-20-22-24-26-28-30-32-36-45(50)54-40-44(41-56-58(52,53)55-39-43(49)38-47)57-46(51)37-33-35-42(48)34-31-29-27-25-23-21-16-14-12-10-8-6-4-2/h12,14,17-18,21,23,27,29,31,34,42-44,47-49H,3-11,13,15-16,19-20,22,24-26,28,30,32-33,35-41H2,1-2H3,(H,52,53)/b14-12-,18-17-,23-21-,29-27-,34-31+/t42-,43-,44+/m0/s1. The molecule has 1 unspecified atom stereocenters. The minimum absolute atomic E-state index is 0.0467. The summed E-state index contributed by atoms with van der Waals surface area (Å²) in [5, 5.41) is 28.6. The van der Waals surface area contributed by atoms with Gasteiger partial charge in [-0.25, -0.2) is 4.57 Å². The van der Waals surface area contributed by atoms with Crippen LogP contribution in [0.25, 0.3) is 0 Å². The number of hydrogen-bond acceptors (Lipinski definition) is 10. The molecule has 0 aliphatic rings. The van der Waals surface area contributed by atoms with E-state index in [9.17, 15) is 29.3 Å². The van der Waals surface area contributed by atoms with Crippen LogP contribution in [0.4, 0.5) is 0 Å². The Hall–Kier alpha value is -2.37. The van der Waals surface area contributed by atoms with Crippen LogP contribution in [0.1, 0.15) is 174 Å². The Morgan fingerprint density at radius 2 is 1.09 bits per heavy atom. The number of ether oxygens (including phenoxy) is 2. The van der Waals surface area contributed by atoms with Gasteiger partial charge in [0.2, 0.25) is 0 Å². The number of hydrogen-bond donors (Lipinski definition) is 4. The van der Waals surface area contributed by atoms with Crippen LogP contribution in [0.3, 0.4) is 0 Å². The number of esters is 2. The van der Waals surface area contributed by atoms with Crippen molar-refractivity contribution in [1.29, 1.82) is 0 Å². The monoisotopic (exact) mass is 841 g/mol. The number of allylic oxidation sites excluding steroid dienone is 9. The van der Waals surface area contributed by atoms with E-state index in [0.717, 1.165) is 44.9 Å². The van der Waals surface area contributed by atoms with Crippen LogP contribution in [-0.2, 0) is 32.7 Å². The van der Waals surface area contributed by atoms with Crippen molar-refractivity contribution >= 4 is 19.8 Å². The molecule has 0 rings (SSSR count). The van der Waals surface area contributed by atoms with E-state index in [4.69, 9.17) is 19.1 Å². The van der Waals surface area contributed by atoms with Gasteiger partial charge in [-0.3, -0.25) is 18.6 Å². The van der Waals surface area contributed by atoms with Crippen molar-refractivity contribution in [2.45, 2.75) is 193 Å². The zero-order valence-corrected chi connectivity index (χ0v) is 37.0. The molecule has 336 valence electrons. The molecule has 0 saturated carbocycles. The van der Waals surface area contributed by atoms with Crippen molar-refractivity contribution < 1.29 is 52.9 Å². The van der Waals surface area contributed by atoms with E-state index in [-0.39, 0.29) is 19.4 Å². The third-order valence-corrected chi connectivity index (χ3v) is 10.2. The summed E-state index contributed by atoms with van der Waals surface area (Å²) in [5.74, 6) is -1.13. The highest BCUT2D eigenvalue weighted by atomic mass is 31.2. The first-order chi connectivity index (χ1) is 28.1. The maximum Gasteiger partial charge on any atom is 0.472 e. The maximum atomic E-state index is 12.6. The van der Waals surface area contributed by atoms with Crippen LogP contribution in [0.15, 0.2) is 60.8 Å². The summed E-state index contributed by atoms with van der Waals surface area (Å²) in [5.41, 5.74) is 0. The number of aliphatic hydroxyl groups is 3. The highest BCUT2D eigenvalue weighted by Crippen LogP contribution is 2.43. The fourth-order valence-electron chi connectivity index (χ4n) is 5.74. The Bertz CT molecular complexity index is 1170. The van der Waals surface area contributed by atoms with Gasteiger partial charge >= 0.3 is 19.8 Å². The number of carbonyl (C=O) groups is 2. The molecule has 0 heterocycles. The number of rotatable bonds is 41. The molecule has 0 amide bonds. The number of phosphoric acid groups is 1. The fourth-order valence-corrected chi connectivity index (χ4v) is 6.53. The van der Waals surface area contributed by atoms with E-state index in [2.05, 4.69) is 54.8 Å². The van der Waals surface area contributed by atoms with E-state index in [1.807, 2.05) is 12.2 Å².